The highest BCUT2D eigenvalue weighted by molar-refractivity contribution is 5.79. The molecule has 0 unspecified atom stereocenters. The normalized spacial score (nSPS) is 11.5. The zero-order valence-electron chi connectivity index (χ0n) is 16.1. The van der Waals surface area contributed by atoms with E-state index in [9.17, 15) is 22.4 Å². The van der Waals surface area contributed by atoms with Crippen molar-refractivity contribution in [2.45, 2.75) is 12.7 Å². The number of aromatic nitrogens is 5. The Bertz CT molecular complexity index is 1290. The fourth-order valence-corrected chi connectivity index (χ4v) is 2.73. The molecular weight excluding hydrogens is 434 g/mol. The molecule has 0 radical (unpaired) electrons. The highest BCUT2D eigenvalue weighted by Gasteiger charge is 2.29. The fourth-order valence-electron chi connectivity index (χ4n) is 2.73. The summed E-state index contributed by atoms with van der Waals surface area (Å²) < 4.78 is 55.4. The first kappa shape index (κ1) is 21.1. The van der Waals surface area contributed by atoms with Crippen LogP contribution in [0.4, 0.5) is 35.1 Å². The topological polar surface area (TPSA) is 121 Å². The Morgan fingerprint density at radius 1 is 0.938 bits per heavy atom. The minimum absolute atomic E-state index is 0.0554. The van der Waals surface area contributed by atoms with Crippen LogP contribution in [0, 0.1) is 5.82 Å². The van der Waals surface area contributed by atoms with Crippen molar-refractivity contribution in [2.24, 2.45) is 0 Å². The van der Waals surface area contributed by atoms with Gasteiger partial charge in [-0.1, -0.05) is 12.1 Å². The molecule has 0 aliphatic rings. The maximum absolute atomic E-state index is 13.1. The summed E-state index contributed by atoms with van der Waals surface area (Å²) in [6.07, 6.45) is -4.58. The lowest BCUT2D eigenvalue weighted by Crippen LogP contribution is -2.21. The highest BCUT2D eigenvalue weighted by atomic mass is 19.4. The summed E-state index contributed by atoms with van der Waals surface area (Å²) >= 11 is 0. The standard InChI is InChI=1S/C19H15F4N7O2/c20-11-3-1-10(2-4-11)8-24-15-28-16(30-18(29-15)32-9-19(21,22)23)25-12-5-6-13-14(7-12)27-17(31)26-13/h1-7H,8-9H2,(H2,26,27,31)(H2,24,25,28,29,30). The van der Waals surface area contributed by atoms with Gasteiger partial charge in [0.1, 0.15) is 5.82 Å². The Morgan fingerprint density at radius 2 is 1.66 bits per heavy atom. The lowest BCUT2D eigenvalue weighted by Gasteiger charge is -2.12. The van der Waals surface area contributed by atoms with E-state index in [4.69, 9.17) is 0 Å². The number of benzene rings is 2. The van der Waals surface area contributed by atoms with Crippen LogP contribution in [-0.4, -0.2) is 37.7 Å². The van der Waals surface area contributed by atoms with Gasteiger partial charge in [-0.25, -0.2) is 9.18 Å². The van der Waals surface area contributed by atoms with Crippen molar-refractivity contribution in [1.82, 2.24) is 24.9 Å². The number of halogens is 4. The maximum atomic E-state index is 13.1. The average Bonchev–Trinajstić information content (AvgIpc) is 3.10. The number of hydrogen-bond donors (Lipinski definition) is 4. The van der Waals surface area contributed by atoms with Gasteiger partial charge in [0.25, 0.3) is 0 Å². The number of hydrogen-bond acceptors (Lipinski definition) is 7. The molecule has 2 aromatic carbocycles. The van der Waals surface area contributed by atoms with Crippen LogP contribution in [0.3, 0.4) is 0 Å². The Morgan fingerprint density at radius 3 is 2.41 bits per heavy atom. The first-order chi connectivity index (χ1) is 15.2. The lowest BCUT2D eigenvalue weighted by atomic mass is 10.2. The summed E-state index contributed by atoms with van der Waals surface area (Å²) in [6.45, 7) is -1.40. The van der Waals surface area contributed by atoms with Crippen molar-refractivity contribution in [3.05, 3.63) is 64.3 Å². The number of rotatable bonds is 7. The quantitative estimate of drug-likeness (QED) is 0.319. The summed E-state index contributed by atoms with van der Waals surface area (Å²) in [4.78, 5) is 28.4. The third kappa shape index (κ3) is 5.50. The van der Waals surface area contributed by atoms with Gasteiger partial charge in [-0.15, -0.1) is 0 Å². The van der Waals surface area contributed by atoms with Crippen LogP contribution in [0.1, 0.15) is 5.56 Å². The number of imidazole rings is 1. The number of aromatic amines is 2. The molecule has 0 atom stereocenters. The second kappa shape index (κ2) is 8.53. The molecule has 2 aromatic heterocycles. The van der Waals surface area contributed by atoms with Gasteiger partial charge in [0.15, 0.2) is 6.61 Å². The average molecular weight is 449 g/mol. The maximum Gasteiger partial charge on any atom is 0.422 e. The third-order valence-electron chi connectivity index (χ3n) is 4.12. The van der Waals surface area contributed by atoms with E-state index in [-0.39, 0.29) is 24.1 Å². The molecule has 32 heavy (non-hydrogen) atoms. The molecule has 9 nitrogen and oxygen atoms in total. The molecule has 4 N–H and O–H groups in total. The van der Waals surface area contributed by atoms with E-state index in [2.05, 4.69) is 40.3 Å². The molecule has 2 heterocycles. The summed E-state index contributed by atoms with van der Waals surface area (Å²) in [6, 6.07) is 9.93. The number of anilines is 3. The second-order valence-corrected chi connectivity index (χ2v) is 6.61. The molecule has 13 heteroatoms. The molecule has 0 fully saturated rings. The van der Waals surface area contributed by atoms with Crippen LogP contribution in [0.25, 0.3) is 11.0 Å². The number of nitrogens with one attached hydrogen (secondary N) is 4. The van der Waals surface area contributed by atoms with Crippen molar-refractivity contribution < 1.29 is 22.3 Å². The number of H-pyrrole nitrogens is 2. The van der Waals surface area contributed by atoms with Crippen molar-refractivity contribution in [1.29, 1.82) is 0 Å². The van der Waals surface area contributed by atoms with Gasteiger partial charge in [-0.3, -0.25) is 0 Å². The van der Waals surface area contributed by atoms with Crippen molar-refractivity contribution in [3.63, 3.8) is 0 Å². The molecule has 0 aliphatic carbocycles. The van der Waals surface area contributed by atoms with Crippen molar-refractivity contribution >= 4 is 28.6 Å². The van der Waals surface area contributed by atoms with Gasteiger partial charge in [-0.2, -0.15) is 28.1 Å². The van der Waals surface area contributed by atoms with Crippen LogP contribution >= 0.6 is 0 Å². The molecule has 0 amide bonds. The smallest absolute Gasteiger partial charge is 0.422 e. The minimum Gasteiger partial charge on any atom is -0.454 e. The van der Waals surface area contributed by atoms with Crippen molar-refractivity contribution in [3.8, 4) is 6.01 Å². The Labute approximate surface area is 176 Å². The van der Waals surface area contributed by atoms with E-state index in [1.54, 1.807) is 18.2 Å². The number of alkyl halides is 3. The van der Waals surface area contributed by atoms with E-state index in [0.29, 0.717) is 22.3 Å². The summed E-state index contributed by atoms with van der Waals surface area (Å²) in [5.41, 5.74) is 1.86. The third-order valence-corrected chi connectivity index (χ3v) is 4.12. The highest BCUT2D eigenvalue weighted by Crippen LogP contribution is 2.21. The molecule has 166 valence electrons. The summed E-state index contributed by atoms with van der Waals surface area (Å²) in [5, 5.41) is 5.68. The predicted molar refractivity (Wildman–Crippen MR) is 107 cm³/mol. The van der Waals surface area contributed by atoms with E-state index in [0.717, 1.165) is 0 Å². The Balaban J connectivity index is 1.57. The van der Waals surface area contributed by atoms with E-state index >= 15 is 0 Å². The van der Waals surface area contributed by atoms with Gasteiger partial charge in [0.2, 0.25) is 11.9 Å². The molecule has 4 rings (SSSR count). The van der Waals surface area contributed by atoms with Gasteiger partial charge in [-0.05, 0) is 35.9 Å². The summed E-state index contributed by atoms with van der Waals surface area (Å²) in [5.74, 6) is -0.542. The summed E-state index contributed by atoms with van der Waals surface area (Å²) in [7, 11) is 0. The monoisotopic (exact) mass is 449 g/mol. The zero-order valence-corrected chi connectivity index (χ0v) is 16.1. The van der Waals surface area contributed by atoms with Crippen LogP contribution in [0.2, 0.25) is 0 Å². The van der Waals surface area contributed by atoms with E-state index in [1.165, 1.54) is 24.3 Å². The first-order valence-corrected chi connectivity index (χ1v) is 9.16. The molecule has 0 bridgehead atoms. The minimum atomic E-state index is -4.58. The Kier molecular flexibility index (Phi) is 5.62. The predicted octanol–water partition coefficient (Wildman–Crippen LogP) is 3.48. The van der Waals surface area contributed by atoms with Crippen molar-refractivity contribution in [2.75, 3.05) is 17.2 Å². The Hall–Kier alpha value is -4.16. The molecule has 0 spiro atoms. The van der Waals surface area contributed by atoms with Gasteiger partial charge >= 0.3 is 17.9 Å². The number of fused-ring (bicyclic) bond motifs is 1. The van der Waals surface area contributed by atoms with Crippen LogP contribution < -0.4 is 21.1 Å². The lowest BCUT2D eigenvalue weighted by molar-refractivity contribution is -0.154. The van der Waals surface area contributed by atoms with Crippen LogP contribution in [0.5, 0.6) is 6.01 Å². The molecule has 4 aromatic rings. The zero-order chi connectivity index (χ0) is 22.7. The molecule has 0 saturated heterocycles. The number of ether oxygens (including phenoxy) is 1. The molecule has 0 saturated carbocycles. The second-order valence-electron chi connectivity index (χ2n) is 6.61. The van der Waals surface area contributed by atoms with Crippen LogP contribution in [-0.2, 0) is 6.54 Å². The SMILES string of the molecule is O=c1[nH]c2ccc(Nc3nc(NCc4ccc(F)cc4)nc(OCC(F)(F)F)n3)cc2[nH]1. The van der Waals surface area contributed by atoms with Gasteiger partial charge in [0, 0.05) is 12.2 Å². The van der Waals surface area contributed by atoms with Crippen LogP contribution in [0.15, 0.2) is 47.3 Å². The van der Waals surface area contributed by atoms with E-state index in [1.807, 2.05) is 0 Å². The molecule has 0 aliphatic heterocycles. The van der Waals surface area contributed by atoms with Gasteiger partial charge in [0.05, 0.1) is 11.0 Å². The van der Waals surface area contributed by atoms with Gasteiger partial charge < -0.3 is 25.3 Å². The fraction of sp³-hybridized carbons (Fsp3) is 0.158. The molecular formula is C19H15F4N7O2. The largest absolute Gasteiger partial charge is 0.454 e. The first-order valence-electron chi connectivity index (χ1n) is 9.16. The number of nitrogens with zero attached hydrogens (tertiary/aromatic N) is 3. The van der Waals surface area contributed by atoms with E-state index < -0.39 is 24.6 Å².